The molecule has 1 unspecified atom stereocenters. The number of hydrogen-bond acceptors (Lipinski definition) is 3. The van der Waals surface area contributed by atoms with Gasteiger partial charge in [-0.2, -0.15) is 0 Å². The van der Waals surface area contributed by atoms with Gasteiger partial charge in [0.05, 0.1) is 13.0 Å². The molecular formula is C17H25FN2O2. The van der Waals surface area contributed by atoms with E-state index in [1.807, 2.05) is 0 Å². The molecule has 5 heteroatoms. The molecule has 0 spiro atoms. The Morgan fingerprint density at radius 2 is 2.18 bits per heavy atom. The number of amides is 1. The predicted molar refractivity (Wildman–Crippen MR) is 84.0 cm³/mol. The molecule has 1 heterocycles. The van der Waals surface area contributed by atoms with E-state index in [0.717, 1.165) is 38.8 Å². The highest BCUT2D eigenvalue weighted by molar-refractivity contribution is 5.78. The van der Waals surface area contributed by atoms with Gasteiger partial charge in [-0.1, -0.05) is 18.2 Å². The third kappa shape index (κ3) is 5.07. The van der Waals surface area contributed by atoms with Crippen LogP contribution in [0.1, 0.15) is 31.2 Å². The van der Waals surface area contributed by atoms with E-state index in [1.165, 1.54) is 6.07 Å². The van der Waals surface area contributed by atoms with Crippen molar-refractivity contribution in [3.8, 4) is 0 Å². The fourth-order valence-corrected chi connectivity index (χ4v) is 2.94. The normalized spacial score (nSPS) is 18.5. The fraction of sp³-hybridized carbons (Fsp3) is 0.588. The largest absolute Gasteiger partial charge is 0.395 e. The lowest BCUT2D eigenvalue weighted by atomic mass is 10.1. The SMILES string of the molecule is O=C(Cc1ccccc1F)NCCCCN1CCCC1CO. The van der Waals surface area contributed by atoms with E-state index < -0.39 is 0 Å². The van der Waals surface area contributed by atoms with Crippen molar-refractivity contribution in [1.29, 1.82) is 0 Å². The third-order valence-electron chi connectivity index (χ3n) is 4.21. The topological polar surface area (TPSA) is 52.6 Å². The van der Waals surface area contributed by atoms with Crippen LogP contribution >= 0.6 is 0 Å². The number of aliphatic hydroxyl groups is 1. The maximum Gasteiger partial charge on any atom is 0.224 e. The lowest BCUT2D eigenvalue weighted by Crippen LogP contribution is -2.33. The van der Waals surface area contributed by atoms with Gasteiger partial charge in [-0.3, -0.25) is 9.69 Å². The molecule has 1 aromatic rings. The number of carbonyl (C=O) groups excluding carboxylic acids is 1. The van der Waals surface area contributed by atoms with Gasteiger partial charge in [0.2, 0.25) is 5.91 Å². The van der Waals surface area contributed by atoms with Gasteiger partial charge in [-0.05, 0) is 50.4 Å². The first kappa shape index (κ1) is 16.9. The Labute approximate surface area is 131 Å². The maximum absolute atomic E-state index is 13.4. The fourth-order valence-electron chi connectivity index (χ4n) is 2.94. The van der Waals surface area contributed by atoms with Gasteiger partial charge in [-0.25, -0.2) is 4.39 Å². The minimum absolute atomic E-state index is 0.0887. The Kier molecular flexibility index (Phi) is 6.80. The van der Waals surface area contributed by atoms with E-state index in [4.69, 9.17) is 0 Å². The lowest BCUT2D eigenvalue weighted by molar-refractivity contribution is -0.120. The number of benzene rings is 1. The van der Waals surface area contributed by atoms with Crippen LogP contribution in [0.5, 0.6) is 0 Å². The number of hydrogen-bond donors (Lipinski definition) is 2. The summed E-state index contributed by atoms with van der Waals surface area (Å²) in [6.45, 7) is 2.88. The Morgan fingerprint density at radius 3 is 2.95 bits per heavy atom. The molecule has 1 fully saturated rings. The van der Waals surface area contributed by atoms with E-state index in [9.17, 15) is 14.3 Å². The third-order valence-corrected chi connectivity index (χ3v) is 4.21. The molecular weight excluding hydrogens is 283 g/mol. The van der Waals surface area contributed by atoms with Crippen LogP contribution < -0.4 is 5.32 Å². The number of unbranched alkanes of at least 4 members (excludes halogenated alkanes) is 1. The number of nitrogens with one attached hydrogen (secondary N) is 1. The van der Waals surface area contributed by atoms with Crippen LogP contribution in [0.4, 0.5) is 4.39 Å². The minimum Gasteiger partial charge on any atom is -0.395 e. The molecule has 0 aliphatic carbocycles. The number of aliphatic hydroxyl groups excluding tert-OH is 1. The summed E-state index contributed by atoms with van der Waals surface area (Å²) in [5.41, 5.74) is 0.433. The highest BCUT2D eigenvalue weighted by Crippen LogP contribution is 2.16. The summed E-state index contributed by atoms with van der Waals surface area (Å²) in [5.74, 6) is -0.471. The first-order valence-electron chi connectivity index (χ1n) is 8.05. The molecule has 0 saturated carbocycles. The molecule has 1 atom stereocenters. The molecule has 1 aromatic carbocycles. The van der Waals surface area contributed by atoms with Gasteiger partial charge < -0.3 is 10.4 Å². The summed E-state index contributed by atoms with van der Waals surface area (Å²) >= 11 is 0. The van der Waals surface area contributed by atoms with E-state index in [2.05, 4.69) is 10.2 Å². The number of carbonyl (C=O) groups is 1. The molecule has 1 aliphatic heterocycles. The quantitative estimate of drug-likeness (QED) is 0.719. The summed E-state index contributed by atoms with van der Waals surface area (Å²) in [6, 6.07) is 6.68. The van der Waals surface area contributed by atoms with E-state index in [-0.39, 0.29) is 24.8 Å². The van der Waals surface area contributed by atoms with Crippen LogP contribution in [-0.4, -0.2) is 48.2 Å². The standard InChI is InChI=1S/C17H25FN2O2/c18-16-8-2-1-6-14(16)12-17(22)19-9-3-4-10-20-11-5-7-15(20)13-21/h1-2,6,8,15,21H,3-5,7,9-13H2,(H,19,22). The summed E-state index contributed by atoms with van der Waals surface area (Å²) in [7, 11) is 0. The average molecular weight is 308 g/mol. The van der Waals surface area contributed by atoms with Gasteiger partial charge in [0.15, 0.2) is 0 Å². The van der Waals surface area contributed by atoms with Crippen molar-refractivity contribution in [1.82, 2.24) is 10.2 Å². The van der Waals surface area contributed by atoms with Crippen LogP contribution in [0.2, 0.25) is 0 Å². The molecule has 1 saturated heterocycles. The van der Waals surface area contributed by atoms with Crippen LogP contribution in [0.3, 0.4) is 0 Å². The molecule has 2 rings (SSSR count). The Morgan fingerprint density at radius 1 is 1.36 bits per heavy atom. The number of rotatable bonds is 8. The minimum atomic E-state index is -0.332. The number of likely N-dealkylation sites (tertiary alicyclic amines) is 1. The second kappa shape index (κ2) is 8.86. The molecule has 4 nitrogen and oxygen atoms in total. The Hall–Kier alpha value is -1.46. The molecule has 1 aliphatic rings. The lowest BCUT2D eigenvalue weighted by Gasteiger charge is -2.22. The zero-order valence-electron chi connectivity index (χ0n) is 12.9. The summed E-state index contributed by atoms with van der Waals surface area (Å²) < 4.78 is 13.4. The van der Waals surface area contributed by atoms with Crippen molar-refractivity contribution >= 4 is 5.91 Å². The van der Waals surface area contributed by atoms with Crippen LogP contribution in [-0.2, 0) is 11.2 Å². The molecule has 0 radical (unpaired) electrons. The van der Waals surface area contributed by atoms with Gasteiger partial charge >= 0.3 is 0 Å². The van der Waals surface area contributed by atoms with Crippen molar-refractivity contribution in [3.05, 3.63) is 35.6 Å². The van der Waals surface area contributed by atoms with Crippen molar-refractivity contribution in [2.45, 2.75) is 38.1 Å². The predicted octanol–water partition coefficient (Wildman–Crippen LogP) is 1.72. The van der Waals surface area contributed by atoms with Crippen molar-refractivity contribution in [2.75, 3.05) is 26.2 Å². The molecule has 22 heavy (non-hydrogen) atoms. The summed E-state index contributed by atoms with van der Waals surface area (Å²) in [4.78, 5) is 14.1. The van der Waals surface area contributed by atoms with Gasteiger partial charge in [0, 0.05) is 12.6 Å². The zero-order valence-corrected chi connectivity index (χ0v) is 12.9. The smallest absolute Gasteiger partial charge is 0.224 e. The highest BCUT2D eigenvalue weighted by atomic mass is 19.1. The number of nitrogens with zero attached hydrogens (tertiary/aromatic N) is 1. The van der Waals surface area contributed by atoms with E-state index >= 15 is 0 Å². The van der Waals surface area contributed by atoms with E-state index in [1.54, 1.807) is 18.2 Å². The number of halogens is 1. The van der Waals surface area contributed by atoms with Gasteiger partial charge in [0.1, 0.15) is 5.82 Å². The van der Waals surface area contributed by atoms with Crippen LogP contribution in [0.25, 0.3) is 0 Å². The molecule has 122 valence electrons. The first-order valence-corrected chi connectivity index (χ1v) is 8.05. The molecule has 1 amide bonds. The monoisotopic (exact) mass is 308 g/mol. The first-order chi connectivity index (χ1) is 10.7. The van der Waals surface area contributed by atoms with E-state index in [0.29, 0.717) is 18.2 Å². The van der Waals surface area contributed by atoms with Gasteiger partial charge in [0.25, 0.3) is 0 Å². The molecule has 0 aromatic heterocycles. The summed E-state index contributed by atoms with van der Waals surface area (Å²) in [6.07, 6.45) is 4.22. The van der Waals surface area contributed by atoms with Crippen molar-refractivity contribution in [3.63, 3.8) is 0 Å². The zero-order chi connectivity index (χ0) is 15.8. The second-order valence-electron chi connectivity index (χ2n) is 5.84. The maximum atomic E-state index is 13.4. The van der Waals surface area contributed by atoms with Gasteiger partial charge in [-0.15, -0.1) is 0 Å². The van der Waals surface area contributed by atoms with Crippen molar-refractivity contribution in [2.24, 2.45) is 0 Å². The highest BCUT2D eigenvalue weighted by Gasteiger charge is 2.22. The van der Waals surface area contributed by atoms with Crippen molar-refractivity contribution < 1.29 is 14.3 Å². The Balaban J connectivity index is 1.58. The molecule has 0 bridgehead atoms. The van der Waals surface area contributed by atoms with Crippen LogP contribution in [0.15, 0.2) is 24.3 Å². The van der Waals surface area contributed by atoms with Crippen LogP contribution in [0, 0.1) is 5.82 Å². The Bertz CT molecular complexity index is 481. The second-order valence-corrected chi connectivity index (χ2v) is 5.84. The average Bonchev–Trinajstić information content (AvgIpc) is 2.97. The summed E-state index contributed by atoms with van der Waals surface area (Å²) in [5, 5.41) is 12.1. The molecule has 2 N–H and O–H groups in total.